The Balaban J connectivity index is 0.00000338. The molecule has 0 radical (unpaired) electrons. The first-order valence-corrected chi connectivity index (χ1v) is 7.75. The van der Waals surface area contributed by atoms with Crippen molar-refractivity contribution in [2.24, 2.45) is 4.99 Å². The first-order valence-electron chi connectivity index (χ1n) is 7.75. The molecule has 0 aliphatic heterocycles. The van der Waals surface area contributed by atoms with Gasteiger partial charge in [-0.3, -0.25) is 4.99 Å². The molecule has 2 aromatic rings. The lowest BCUT2D eigenvalue weighted by Crippen LogP contribution is -2.38. The number of hydrogen-bond donors (Lipinski definition) is 3. The molecule has 2 aromatic carbocycles. The highest BCUT2D eigenvalue weighted by molar-refractivity contribution is 14.0. The third-order valence-electron chi connectivity index (χ3n) is 3.76. The van der Waals surface area contributed by atoms with Gasteiger partial charge >= 0.3 is 0 Å². The number of benzene rings is 2. The molecule has 3 N–H and O–H groups in total. The van der Waals surface area contributed by atoms with E-state index in [9.17, 15) is 13.2 Å². The Morgan fingerprint density at radius 2 is 1.77 bits per heavy atom. The van der Waals surface area contributed by atoms with Crippen LogP contribution >= 0.6 is 24.0 Å². The minimum atomic E-state index is -0.906. The van der Waals surface area contributed by atoms with Crippen molar-refractivity contribution in [3.63, 3.8) is 0 Å². The van der Waals surface area contributed by atoms with E-state index in [1.54, 1.807) is 26.1 Å². The molecule has 0 aliphatic rings. The number of aliphatic imine (C=N–C) groups is 1. The van der Waals surface area contributed by atoms with Crippen molar-refractivity contribution >= 4 is 29.9 Å². The molecule has 0 aromatic heterocycles. The lowest BCUT2D eigenvalue weighted by molar-refractivity contribution is 0.275. The summed E-state index contributed by atoms with van der Waals surface area (Å²) in [6.45, 7) is 1.78. The Morgan fingerprint density at radius 3 is 2.38 bits per heavy atom. The van der Waals surface area contributed by atoms with Crippen LogP contribution in [0.5, 0.6) is 0 Å². The highest BCUT2D eigenvalue weighted by Crippen LogP contribution is 2.16. The summed E-state index contributed by atoms with van der Waals surface area (Å²) in [7, 11) is 1.58. The van der Waals surface area contributed by atoms with Gasteiger partial charge in [0.1, 0.15) is 5.82 Å². The molecule has 0 bridgehead atoms. The summed E-state index contributed by atoms with van der Waals surface area (Å²) in [5.74, 6) is -1.81. The molecule has 8 heteroatoms. The van der Waals surface area contributed by atoms with E-state index in [0.29, 0.717) is 18.1 Å². The van der Waals surface area contributed by atoms with E-state index in [-0.39, 0.29) is 42.2 Å². The van der Waals surface area contributed by atoms with Crippen LogP contribution in [0.1, 0.15) is 29.7 Å². The van der Waals surface area contributed by atoms with Gasteiger partial charge in [-0.05, 0) is 42.3 Å². The van der Waals surface area contributed by atoms with E-state index in [2.05, 4.69) is 15.6 Å². The summed E-state index contributed by atoms with van der Waals surface area (Å²) < 4.78 is 39.7. The van der Waals surface area contributed by atoms with Crippen molar-refractivity contribution in [3.05, 3.63) is 70.5 Å². The maximum absolute atomic E-state index is 13.4. The van der Waals surface area contributed by atoms with Gasteiger partial charge in [0.05, 0.1) is 12.6 Å². The largest absolute Gasteiger partial charge is 0.392 e. The average Bonchev–Trinajstić information content (AvgIpc) is 2.61. The zero-order chi connectivity index (χ0) is 18.4. The number of hydrogen-bond acceptors (Lipinski definition) is 2. The molecule has 0 heterocycles. The van der Waals surface area contributed by atoms with E-state index in [0.717, 1.165) is 17.7 Å². The highest BCUT2D eigenvalue weighted by Gasteiger charge is 2.11. The molecule has 0 fully saturated rings. The van der Waals surface area contributed by atoms with Crippen LogP contribution in [0, 0.1) is 17.5 Å². The molecule has 142 valence electrons. The van der Waals surface area contributed by atoms with Crippen LogP contribution < -0.4 is 10.6 Å². The van der Waals surface area contributed by atoms with E-state index in [1.807, 2.05) is 0 Å². The predicted molar refractivity (Wildman–Crippen MR) is 106 cm³/mol. The number of nitrogens with one attached hydrogen (secondary N) is 2. The topological polar surface area (TPSA) is 56.7 Å². The molecule has 4 nitrogen and oxygen atoms in total. The number of guanidine groups is 1. The van der Waals surface area contributed by atoms with Gasteiger partial charge in [0, 0.05) is 19.2 Å². The fraction of sp³-hybridized carbons (Fsp3) is 0.278. The van der Waals surface area contributed by atoms with Gasteiger partial charge < -0.3 is 15.7 Å². The predicted octanol–water partition coefficient (Wildman–Crippen LogP) is 3.64. The van der Waals surface area contributed by atoms with Crippen LogP contribution in [0.15, 0.2) is 41.4 Å². The molecule has 2 rings (SSSR count). The molecule has 1 atom stereocenters. The Kier molecular flexibility index (Phi) is 8.86. The second kappa shape index (κ2) is 10.4. The van der Waals surface area contributed by atoms with Crippen LogP contribution in [0.3, 0.4) is 0 Å². The SMILES string of the molecule is CN=C(NCc1ccc(F)c(CO)c1)NC(C)c1ccc(F)c(F)c1.I. The number of nitrogens with zero attached hydrogens (tertiary/aromatic N) is 1. The maximum Gasteiger partial charge on any atom is 0.191 e. The molecule has 0 aliphatic carbocycles. The monoisotopic (exact) mass is 479 g/mol. The number of rotatable bonds is 5. The molecule has 0 spiro atoms. The van der Waals surface area contributed by atoms with E-state index in [1.165, 1.54) is 12.1 Å². The first kappa shape index (κ1) is 22.2. The van der Waals surface area contributed by atoms with Gasteiger partial charge in [-0.15, -0.1) is 24.0 Å². The smallest absolute Gasteiger partial charge is 0.191 e. The second-order valence-electron chi connectivity index (χ2n) is 5.55. The minimum absolute atomic E-state index is 0. The third-order valence-corrected chi connectivity index (χ3v) is 3.76. The molecule has 26 heavy (non-hydrogen) atoms. The molecule has 0 amide bonds. The van der Waals surface area contributed by atoms with Crippen molar-refractivity contribution in [1.82, 2.24) is 10.6 Å². The van der Waals surface area contributed by atoms with Crippen molar-refractivity contribution in [2.75, 3.05) is 7.05 Å². The molecule has 0 saturated carbocycles. The first-order chi connectivity index (χ1) is 11.9. The lowest BCUT2D eigenvalue weighted by Gasteiger charge is -2.18. The lowest BCUT2D eigenvalue weighted by atomic mass is 10.1. The number of aliphatic hydroxyl groups excluding tert-OH is 1. The summed E-state index contributed by atoms with van der Waals surface area (Å²) in [6.07, 6.45) is 0. The summed E-state index contributed by atoms with van der Waals surface area (Å²) in [5, 5.41) is 15.2. The van der Waals surface area contributed by atoms with Crippen molar-refractivity contribution in [2.45, 2.75) is 26.1 Å². The average molecular weight is 479 g/mol. The summed E-state index contributed by atoms with van der Waals surface area (Å²) in [6, 6.07) is 7.87. The van der Waals surface area contributed by atoms with Crippen molar-refractivity contribution < 1.29 is 18.3 Å². The molecular formula is C18H21F3IN3O. The van der Waals surface area contributed by atoms with E-state index >= 15 is 0 Å². The summed E-state index contributed by atoms with van der Waals surface area (Å²) in [5.41, 5.74) is 1.57. The van der Waals surface area contributed by atoms with Gasteiger partial charge in [-0.25, -0.2) is 13.2 Å². The van der Waals surface area contributed by atoms with Gasteiger partial charge in [0.2, 0.25) is 0 Å². The maximum atomic E-state index is 13.4. The number of halogens is 4. The van der Waals surface area contributed by atoms with Crippen molar-refractivity contribution in [3.8, 4) is 0 Å². The van der Waals surface area contributed by atoms with Gasteiger partial charge in [-0.2, -0.15) is 0 Å². The third kappa shape index (κ3) is 5.87. The number of aliphatic hydroxyl groups is 1. The highest BCUT2D eigenvalue weighted by atomic mass is 127. The fourth-order valence-corrected chi connectivity index (χ4v) is 2.31. The zero-order valence-electron chi connectivity index (χ0n) is 14.4. The van der Waals surface area contributed by atoms with Crippen LogP contribution in [-0.4, -0.2) is 18.1 Å². The molecule has 0 saturated heterocycles. The van der Waals surface area contributed by atoms with Crippen molar-refractivity contribution in [1.29, 1.82) is 0 Å². The Morgan fingerprint density at radius 1 is 1.08 bits per heavy atom. The summed E-state index contributed by atoms with van der Waals surface area (Å²) in [4.78, 5) is 4.07. The Labute approximate surface area is 167 Å². The minimum Gasteiger partial charge on any atom is -0.392 e. The van der Waals surface area contributed by atoms with E-state index < -0.39 is 17.5 Å². The van der Waals surface area contributed by atoms with Gasteiger partial charge in [0.15, 0.2) is 17.6 Å². The van der Waals surface area contributed by atoms with E-state index in [4.69, 9.17) is 5.11 Å². The van der Waals surface area contributed by atoms with Gasteiger partial charge in [0.25, 0.3) is 0 Å². The second-order valence-corrected chi connectivity index (χ2v) is 5.55. The van der Waals surface area contributed by atoms with Crippen LogP contribution in [-0.2, 0) is 13.2 Å². The fourth-order valence-electron chi connectivity index (χ4n) is 2.31. The standard InChI is InChI=1S/C18H20F3N3O.HI/c1-11(13-4-6-16(20)17(21)8-13)24-18(22-2)23-9-12-3-5-15(19)14(7-12)10-25;/h3-8,11,25H,9-10H2,1-2H3,(H2,22,23,24);1H. The van der Waals surface area contributed by atoms with Crippen LogP contribution in [0.25, 0.3) is 0 Å². The summed E-state index contributed by atoms with van der Waals surface area (Å²) >= 11 is 0. The quantitative estimate of drug-likeness (QED) is 0.349. The Bertz CT molecular complexity index is 771. The molecule has 1 unspecified atom stereocenters. The normalized spacial score (nSPS) is 12.3. The molecular weight excluding hydrogens is 458 g/mol. The van der Waals surface area contributed by atoms with Crippen LogP contribution in [0.2, 0.25) is 0 Å². The van der Waals surface area contributed by atoms with Crippen LogP contribution in [0.4, 0.5) is 13.2 Å². The Hall–Kier alpha value is -1.81. The zero-order valence-corrected chi connectivity index (χ0v) is 16.7. The van der Waals surface area contributed by atoms with Gasteiger partial charge in [-0.1, -0.05) is 12.1 Å².